The summed E-state index contributed by atoms with van der Waals surface area (Å²) in [6.45, 7) is 15.9. The number of fused-ring (bicyclic) bond motifs is 2. The summed E-state index contributed by atoms with van der Waals surface area (Å²) in [4.78, 5) is 85.6. The van der Waals surface area contributed by atoms with E-state index in [9.17, 15) is 28.8 Å². The van der Waals surface area contributed by atoms with Crippen LogP contribution in [0.1, 0.15) is 113 Å². The van der Waals surface area contributed by atoms with E-state index in [1.54, 1.807) is 18.7 Å². The zero-order chi connectivity index (χ0) is 74.0. The Bertz CT molecular complexity index is 3490. The molecule has 1 aromatic carbocycles. The van der Waals surface area contributed by atoms with Crippen LogP contribution in [0.5, 0.6) is 0 Å². The third-order valence-corrected chi connectivity index (χ3v) is 19.1. The Labute approximate surface area is 613 Å². The predicted octanol–water partition coefficient (Wildman–Crippen LogP) is 3.66. The minimum absolute atomic E-state index is 0.00864. The standard InChI is InChI=1S/C73H108N16O16/c1-53(49-104-51-62-47-84(80-78-62)23-27-98-31-35-102-37-33-100-29-25-90)43-86-45-60(76-82-86)41-74-64(92)15-9-5-11-21-88-70(94)66-55(3)39-57(67(66)71(88)95)19-20-59-40-58(18-17-56-13-7-4-8-14-56)68-69(59)73(97)89(72(68)96)22-12-6-10-16-65(93)75-42-61-46-87(83-77-61)44-54(2)50-105-52-63-48-85(81-79-63)24-28-99-32-36-103-38-34-101-30-26-91/h4,7-8,13-14,17-20,45-48,53-55,57-59,66-69,90-91H,5-6,9-12,15-16,21-44,49-52H2,1-3H3,(H,74,92)(H,75,93)/b18-17?,20-19-/t53-,54+,55+,57-,58-,59+,66-,67+,68+,69-/m0/s1. The van der Waals surface area contributed by atoms with E-state index in [-0.39, 0.29) is 123 Å². The topological polar surface area (TPSA) is 370 Å². The molecule has 32 nitrogen and oxygen atoms in total. The van der Waals surface area contributed by atoms with Gasteiger partial charge in [-0.2, -0.15) is 0 Å². The molecule has 32 heteroatoms. The number of benzene rings is 1. The van der Waals surface area contributed by atoms with Crippen molar-refractivity contribution in [1.29, 1.82) is 0 Å². The van der Waals surface area contributed by atoms with Crippen LogP contribution >= 0.6 is 0 Å². The molecule has 5 aromatic rings. The Morgan fingerprint density at radius 1 is 0.467 bits per heavy atom. The molecule has 10 atom stereocenters. The van der Waals surface area contributed by atoms with Crippen LogP contribution in [0.2, 0.25) is 0 Å². The minimum Gasteiger partial charge on any atom is -0.394 e. The molecule has 2 aliphatic carbocycles. The molecule has 0 unspecified atom stereocenters. The second-order valence-electron chi connectivity index (χ2n) is 27.7. The summed E-state index contributed by atoms with van der Waals surface area (Å²) in [6.07, 6.45) is 20.9. The monoisotopic (exact) mass is 1460 g/mol. The molecule has 4 N–H and O–H groups in total. The summed E-state index contributed by atoms with van der Waals surface area (Å²) >= 11 is 0. The molecule has 2 saturated heterocycles. The molecular formula is C73H108N16O16. The molecule has 4 fully saturated rings. The highest BCUT2D eigenvalue weighted by Crippen LogP contribution is 2.51. The number of ether oxygens (including phenoxy) is 8. The van der Waals surface area contributed by atoms with E-state index in [4.69, 9.17) is 48.1 Å². The van der Waals surface area contributed by atoms with Crippen molar-refractivity contribution in [1.82, 2.24) is 80.4 Å². The van der Waals surface area contributed by atoms with Gasteiger partial charge < -0.3 is 58.7 Å². The van der Waals surface area contributed by atoms with Gasteiger partial charge >= 0.3 is 0 Å². The first-order valence-corrected chi connectivity index (χ1v) is 37.3. The lowest BCUT2D eigenvalue weighted by Crippen LogP contribution is -2.34. The molecule has 6 heterocycles. The number of carbonyl (C=O) groups is 6. The van der Waals surface area contributed by atoms with Crippen LogP contribution in [-0.4, -0.2) is 234 Å². The lowest BCUT2D eigenvalue weighted by molar-refractivity contribution is -0.142. The summed E-state index contributed by atoms with van der Waals surface area (Å²) in [5.41, 5.74) is 3.67. The predicted molar refractivity (Wildman–Crippen MR) is 378 cm³/mol. The molecule has 9 rings (SSSR count). The van der Waals surface area contributed by atoms with Crippen molar-refractivity contribution in [2.24, 2.45) is 59.2 Å². The van der Waals surface area contributed by atoms with E-state index in [0.29, 0.717) is 206 Å². The number of nitrogens with zero attached hydrogens (tertiary/aromatic N) is 14. The number of allylic oxidation sites excluding steroid dienone is 3. The molecule has 105 heavy (non-hydrogen) atoms. The van der Waals surface area contributed by atoms with Crippen molar-refractivity contribution < 1.29 is 76.9 Å². The number of carbonyl (C=O) groups excluding carboxylic acids is 6. The van der Waals surface area contributed by atoms with Crippen LogP contribution in [-0.2, 0) is 119 Å². The summed E-state index contributed by atoms with van der Waals surface area (Å²) in [6, 6.07) is 9.87. The smallest absolute Gasteiger partial charge is 0.233 e. The van der Waals surface area contributed by atoms with Gasteiger partial charge in [-0.05, 0) is 79.6 Å². The van der Waals surface area contributed by atoms with Crippen LogP contribution in [0.15, 0.2) is 73.3 Å². The summed E-state index contributed by atoms with van der Waals surface area (Å²) < 4.78 is 51.0. The van der Waals surface area contributed by atoms with Gasteiger partial charge in [-0.15, -0.1) is 20.4 Å². The Morgan fingerprint density at radius 3 is 1.32 bits per heavy atom. The number of amides is 6. The number of likely N-dealkylation sites (tertiary alicyclic amines) is 2. The van der Waals surface area contributed by atoms with Crippen LogP contribution in [0.25, 0.3) is 6.08 Å². The van der Waals surface area contributed by atoms with E-state index < -0.39 is 23.7 Å². The fraction of sp³-hybridized carbons (Fsp3) is 0.671. The maximum Gasteiger partial charge on any atom is 0.233 e. The Hall–Kier alpha value is -7.92. The number of imide groups is 2. The number of hydrogen-bond acceptors (Lipinski definition) is 24. The van der Waals surface area contributed by atoms with Gasteiger partial charge in [-0.3, -0.25) is 47.9 Å². The average Bonchev–Trinajstić information content (AvgIpc) is 1.59. The fourth-order valence-corrected chi connectivity index (χ4v) is 14.0. The minimum atomic E-state index is -0.553. The first-order valence-electron chi connectivity index (χ1n) is 37.3. The second kappa shape index (κ2) is 44.3. The van der Waals surface area contributed by atoms with Crippen molar-refractivity contribution >= 4 is 41.5 Å². The largest absolute Gasteiger partial charge is 0.394 e. The zero-order valence-electron chi connectivity index (χ0n) is 61.1. The molecular weight excluding hydrogens is 1360 g/mol. The number of aliphatic hydroxyl groups excluding tert-OH is 2. The Morgan fingerprint density at radius 2 is 0.857 bits per heavy atom. The average molecular weight is 1470 g/mol. The van der Waals surface area contributed by atoms with Gasteiger partial charge in [0.25, 0.3) is 0 Å². The summed E-state index contributed by atoms with van der Waals surface area (Å²) in [7, 11) is 0. The van der Waals surface area contributed by atoms with Gasteiger partial charge in [0.2, 0.25) is 35.4 Å². The van der Waals surface area contributed by atoms with Gasteiger partial charge in [-0.25, -0.2) is 9.36 Å². The molecule has 2 saturated carbocycles. The third kappa shape index (κ3) is 26.2. The molecule has 0 radical (unpaired) electrons. The number of aromatic nitrogens is 12. The van der Waals surface area contributed by atoms with Crippen molar-refractivity contribution in [3.05, 3.63) is 102 Å². The fourth-order valence-electron chi connectivity index (χ4n) is 14.0. The van der Waals surface area contributed by atoms with Gasteiger partial charge in [0, 0.05) is 39.0 Å². The van der Waals surface area contributed by atoms with E-state index in [1.807, 2.05) is 82.0 Å². The normalized spacial score (nSPS) is 20.8. The highest BCUT2D eigenvalue weighted by molar-refractivity contribution is 6.07. The SMILES string of the molecule is C[C@H](COCc1cn(CCOCCOCCOCCO)nn1)Cn1cc(CNC(=O)CCCCCN2C(=O)[C@@H]3[C@H](C2=O)[C@@H](/C=C\[C@@H]2C[C@H](C=Cc4ccccc4)[C@H]4C(=O)N(CCCCCC(=O)NCc5cn(C[C@@H](C)COCc6cn(CCOCCOCCOCCO)nn6)nn5)C(=O)[C@H]42)C[C@H]3C)nn1. The molecule has 6 amide bonds. The maximum atomic E-state index is 14.4. The van der Waals surface area contributed by atoms with E-state index in [0.717, 1.165) is 5.56 Å². The van der Waals surface area contributed by atoms with Crippen LogP contribution in [0.4, 0.5) is 0 Å². The lowest BCUT2D eigenvalue weighted by Gasteiger charge is -2.20. The highest BCUT2D eigenvalue weighted by Gasteiger charge is 2.59. The molecule has 2 aliphatic heterocycles. The first-order chi connectivity index (χ1) is 51.2. The number of hydrogen-bond donors (Lipinski definition) is 4. The van der Waals surface area contributed by atoms with E-state index in [2.05, 4.69) is 70.1 Å². The van der Waals surface area contributed by atoms with Gasteiger partial charge in [-0.1, -0.05) is 109 Å². The molecule has 4 aromatic heterocycles. The van der Waals surface area contributed by atoms with Crippen molar-refractivity contribution in [3.8, 4) is 0 Å². The van der Waals surface area contributed by atoms with Gasteiger partial charge in [0.15, 0.2) is 0 Å². The number of aliphatic hydroxyl groups is 2. The molecule has 4 aliphatic rings. The molecule has 0 spiro atoms. The Kier molecular flexibility index (Phi) is 34.2. The van der Waals surface area contributed by atoms with Gasteiger partial charge in [0.1, 0.15) is 22.8 Å². The quantitative estimate of drug-likeness (QED) is 0.0245. The van der Waals surface area contributed by atoms with Crippen molar-refractivity contribution in [2.45, 2.75) is 137 Å². The number of nitrogens with one attached hydrogen (secondary N) is 2. The van der Waals surface area contributed by atoms with Gasteiger partial charge in [0.05, 0.1) is 194 Å². The van der Waals surface area contributed by atoms with E-state index in [1.165, 1.54) is 9.80 Å². The van der Waals surface area contributed by atoms with Crippen molar-refractivity contribution in [3.63, 3.8) is 0 Å². The third-order valence-electron chi connectivity index (χ3n) is 19.1. The number of rotatable bonds is 54. The molecule has 0 bridgehead atoms. The zero-order valence-corrected chi connectivity index (χ0v) is 61.1. The highest BCUT2D eigenvalue weighted by atomic mass is 16.6. The maximum absolute atomic E-state index is 14.4. The van der Waals surface area contributed by atoms with Crippen molar-refractivity contribution in [2.75, 3.05) is 119 Å². The lowest BCUT2D eigenvalue weighted by atomic mass is 9.86. The summed E-state index contributed by atoms with van der Waals surface area (Å²) in [5, 5.41) is 57.0. The Balaban J connectivity index is 0.635. The summed E-state index contributed by atoms with van der Waals surface area (Å²) in [5.74, 6) is -3.34. The van der Waals surface area contributed by atoms with E-state index >= 15 is 0 Å². The van der Waals surface area contributed by atoms with Crippen LogP contribution in [0, 0.1) is 59.2 Å². The second-order valence-corrected chi connectivity index (χ2v) is 27.7. The van der Waals surface area contributed by atoms with Crippen LogP contribution < -0.4 is 10.6 Å². The number of unbranched alkanes of at least 4 members (excludes halogenated alkanes) is 4. The van der Waals surface area contributed by atoms with Crippen LogP contribution in [0.3, 0.4) is 0 Å². The molecule has 576 valence electrons. The first kappa shape index (κ1) is 81.2.